The maximum Gasteiger partial charge on any atom is 0.410 e. The number of likely N-dealkylation sites (tertiary alicyclic amines) is 2. The van der Waals surface area contributed by atoms with Gasteiger partial charge in [-0.2, -0.15) is 0 Å². The molecule has 0 aliphatic carbocycles. The third-order valence-electron chi connectivity index (χ3n) is 5.78. The molecule has 2 saturated heterocycles. The number of nitrogens with one attached hydrogen (secondary N) is 1. The van der Waals surface area contributed by atoms with Crippen molar-refractivity contribution in [2.45, 2.75) is 57.7 Å². The molecular formula is C21H29N3O3. The fourth-order valence-corrected chi connectivity index (χ4v) is 4.64. The summed E-state index contributed by atoms with van der Waals surface area (Å²) in [5, 5.41) is 11.1. The molecule has 2 aliphatic heterocycles. The Kier molecular flexibility index (Phi) is 4.34. The van der Waals surface area contributed by atoms with Crippen LogP contribution in [0.3, 0.4) is 0 Å². The molecule has 2 fully saturated rings. The van der Waals surface area contributed by atoms with E-state index in [1.807, 2.05) is 44.0 Å². The van der Waals surface area contributed by atoms with Gasteiger partial charge in [0.25, 0.3) is 0 Å². The zero-order valence-electron chi connectivity index (χ0n) is 16.4. The predicted octanol–water partition coefficient (Wildman–Crippen LogP) is 3.85. The Bertz CT molecular complexity index is 854. The number of carbonyl (C=O) groups is 1. The number of rotatable bonds is 2. The second-order valence-corrected chi connectivity index (χ2v) is 8.93. The molecule has 0 radical (unpaired) electrons. The Hall–Kier alpha value is -2.21. The van der Waals surface area contributed by atoms with Crippen molar-refractivity contribution >= 4 is 17.0 Å². The molecule has 2 aliphatic rings. The number of ether oxygens (including phenoxy) is 1. The van der Waals surface area contributed by atoms with Crippen LogP contribution in [-0.4, -0.2) is 56.8 Å². The molecule has 1 unspecified atom stereocenters. The lowest BCUT2D eigenvalue weighted by Gasteiger charge is -2.36. The third-order valence-corrected chi connectivity index (χ3v) is 5.78. The zero-order chi connectivity index (χ0) is 19.2. The van der Waals surface area contributed by atoms with Gasteiger partial charge in [-0.05, 0) is 57.7 Å². The van der Waals surface area contributed by atoms with E-state index >= 15 is 0 Å². The number of fused-ring (bicyclic) bond motifs is 1. The Morgan fingerprint density at radius 2 is 2.11 bits per heavy atom. The first-order valence-corrected chi connectivity index (χ1v) is 9.78. The van der Waals surface area contributed by atoms with E-state index in [1.54, 1.807) is 6.07 Å². The van der Waals surface area contributed by atoms with Crippen LogP contribution in [0.15, 0.2) is 24.4 Å². The van der Waals surface area contributed by atoms with Crippen molar-refractivity contribution in [3.63, 3.8) is 0 Å². The van der Waals surface area contributed by atoms with Crippen molar-refractivity contribution in [2.24, 2.45) is 0 Å². The largest absolute Gasteiger partial charge is 0.507 e. The van der Waals surface area contributed by atoms with E-state index < -0.39 is 5.60 Å². The van der Waals surface area contributed by atoms with Crippen molar-refractivity contribution in [3.8, 4) is 5.75 Å². The van der Waals surface area contributed by atoms with E-state index in [2.05, 4.69) is 9.88 Å². The van der Waals surface area contributed by atoms with Crippen LogP contribution in [0, 0.1) is 0 Å². The normalized spacial score (nSPS) is 23.6. The van der Waals surface area contributed by atoms with Crippen LogP contribution in [0.25, 0.3) is 10.9 Å². The van der Waals surface area contributed by atoms with Crippen LogP contribution in [0.2, 0.25) is 0 Å². The molecule has 1 spiro atoms. The molecule has 27 heavy (non-hydrogen) atoms. The summed E-state index contributed by atoms with van der Waals surface area (Å²) in [7, 11) is 0. The van der Waals surface area contributed by atoms with Crippen LogP contribution in [0.4, 0.5) is 4.79 Å². The minimum absolute atomic E-state index is 0.115. The number of phenolic OH excluding ortho intramolecular Hbond substituents is 1. The minimum atomic E-state index is -0.472. The highest BCUT2D eigenvalue weighted by Crippen LogP contribution is 2.39. The van der Waals surface area contributed by atoms with Crippen molar-refractivity contribution in [1.29, 1.82) is 0 Å². The lowest BCUT2D eigenvalue weighted by molar-refractivity contribution is 0.00916. The maximum absolute atomic E-state index is 12.7. The number of aromatic amines is 1. The molecule has 1 atom stereocenters. The Morgan fingerprint density at radius 1 is 1.30 bits per heavy atom. The Morgan fingerprint density at radius 3 is 2.89 bits per heavy atom. The van der Waals surface area contributed by atoms with E-state index in [-0.39, 0.29) is 11.6 Å². The summed E-state index contributed by atoms with van der Waals surface area (Å²) < 4.78 is 5.65. The third kappa shape index (κ3) is 3.38. The summed E-state index contributed by atoms with van der Waals surface area (Å²) in [6.07, 6.45) is 4.82. The minimum Gasteiger partial charge on any atom is -0.507 e. The molecule has 1 amide bonds. The highest BCUT2D eigenvalue weighted by Gasteiger charge is 2.49. The van der Waals surface area contributed by atoms with Gasteiger partial charge in [-0.3, -0.25) is 4.90 Å². The van der Waals surface area contributed by atoms with Gasteiger partial charge in [-0.1, -0.05) is 6.07 Å². The lowest BCUT2D eigenvalue weighted by Crippen LogP contribution is -2.50. The fourth-order valence-electron chi connectivity index (χ4n) is 4.64. The van der Waals surface area contributed by atoms with Crippen LogP contribution in [0.5, 0.6) is 5.75 Å². The second kappa shape index (κ2) is 6.44. The summed E-state index contributed by atoms with van der Waals surface area (Å²) in [5.41, 5.74) is 1.47. The van der Waals surface area contributed by atoms with Gasteiger partial charge in [0, 0.05) is 43.3 Å². The zero-order valence-corrected chi connectivity index (χ0v) is 16.4. The molecule has 146 valence electrons. The number of phenols is 1. The molecule has 6 nitrogen and oxygen atoms in total. The number of amides is 1. The van der Waals surface area contributed by atoms with Crippen LogP contribution in [-0.2, 0) is 11.3 Å². The summed E-state index contributed by atoms with van der Waals surface area (Å²) in [5.74, 6) is 0.314. The Balaban J connectivity index is 1.50. The second-order valence-electron chi connectivity index (χ2n) is 8.93. The number of benzene rings is 1. The molecule has 4 rings (SSSR count). The molecule has 1 aromatic heterocycles. The highest BCUT2D eigenvalue weighted by atomic mass is 16.6. The number of H-pyrrole nitrogens is 1. The summed E-state index contributed by atoms with van der Waals surface area (Å²) in [6.45, 7) is 9.08. The van der Waals surface area contributed by atoms with Gasteiger partial charge >= 0.3 is 6.09 Å². The molecule has 0 saturated carbocycles. The molecule has 2 aromatic rings. The van der Waals surface area contributed by atoms with Gasteiger partial charge in [-0.15, -0.1) is 0 Å². The van der Waals surface area contributed by atoms with E-state index in [1.165, 1.54) is 0 Å². The standard InChI is InChI=1S/C21H29N3O3/c1-20(2,3)27-19(26)24-10-5-8-21(24)9-11-23(14-21)13-15-12-22-16-6-4-7-17(25)18(15)16/h4,6-7,12,22,25H,5,8-11,13-14H2,1-3H3. The van der Waals surface area contributed by atoms with Crippen molar-refractivity contribution in [3.05, 3.63) is 30.0 Å². The lowest BCUT2D eigenvalue weighted by atomic mass is 9.95. The SMILES string of the molecule is CC(C)(C)OC(=O)N1CCCC12CCN(Cc1c[nH]c3cccc(O)c13)C2. The number of carbonyl (C=O) groups excluding carboxylic acids is 1. The fraction of sp³-hybridized carbons (Fsp3) is 0.571. The number of hydrogen-bond acceptors (Lipinski definition) is 4. The quantitative estimate of drug-likeness (QED) is 0.841. The van der Waals surface area contributed by atoms with Crippen molar-refractivity contribution < 1.29 is 14.6 Å². The summed E-state index contributed by atoms with van der Waals surface area (Å²) in [6, 6.07) is 5.55. The van der Waals surface area contributed by atoms with Gasteiger partial charge in [-0.25, -0.2) is 4.79 Å². The van der Waals surface area contributed by atoms with Crippen molar-refractivity contribution in [1.82, 2.24) is 14.8 Å². The molecule has 6 heteroatoms. The van der Waals surface area contributed by atoms with Gasteiger partial charge in [0.05, 0.1) is 5.54 Å². The smallest absolute Gasteiger partial charge is 0.410 e. The number of hydrogen-bond donors (Lipinski definition) is 2. The van der Waals surface area contributed by atoms with Gasteiger partial charge in [0.15, 0.2) is 0 Å². The summed E-state index contributed by atoms with van der Waals surface area (Å²) in [4.78, 5) is 20.3. The van der Waals surface area contributed by atoms with Crippen LogP contribution >= 0.6 is 0 Å². The topological polar surface area (TPSA) is 68.8 Å². The molecule has 2 N–H and O–H groups in total. The molecule has 1 aromatic carbocycles. The van der Waals surface area contributed by atoms with E-state index in [4.69, 9.17) is 4.74 Å². The maximum atomic E-state index is 12.7. The number of nitrogens with zero attached hydrogens (tertiary/aromatic N) is 2. The number of aromatic nitrogens is 1. The Labute approximate surface area is 160 Å². The average Bonchev–Trinajstić information content (AvgIpc) is 3.27. The first-order chi connectivity index (χ1) is 12.8. The van der Waals surface area contributed by atoms with Gasteiger partial charge in [0.2, 0.25) is 0 Å². The van der Waals surface area contributed by atoms with Gasteiger partial charge in [0.1, 0.15) is 11.4 Å². The molecule has 3 heterocycles. The van der Waals surface area contributed by atoms with E-state index in [0.29, 0.717) is 5.75 Å². The molecular weight excluding hydrogens is 342 g/mol. The monoisotopic (exact) mass is 371 g/mol. The van der Waals surface area contributed by atoms with Crippen LogP contribution < -0.4 is 0 Å². The van der Waals surface area contributed by atoms with Crippen LogP contribution in [0.1, 0.15) is 45.6 Å². The van der Waals surface area contributed by atoms with E-state index in [0.717, 1.165) is 61.9 Å². The average molecular weight is 371 g/mol. The number of aromatic hydroxyl groups is 1. The first-order valence-electron chi connectivity index (χ1n) is 9.78. The predicted molar refractivity (Wildman–Crippen MR) is 105 cm³/mol. The van der Waals surface area contributed by atoms with Crippen molar-refractivity contribution in [2.75, 3.05) is 19.6 Å². The summed E-state index contributed by atoms with van der Waals surface area (Å²) >= 11 is 0. The highest BCUT2D eigenvalue weighted by molar-refractivity contribution is 5.88. The first kappa shape index (κ1) is 18.2. The molecule has 0 bridgehead atoms. The van der Waals surface area contributed by atoms with Gasteiger partial charge < -0.3 is 19.7 Å². The van der Waals surface area contributed by atoms with E-state index in [9.17, 15) is 9.90 Å².